The van der Waals surface area contributed by atoms with Gasteiger partial charge in [0.2, 0.25) is 0 Å². The molecule has 3 nitrogen and oxygen atoms in total. The van der Waals surface area contributed by atoms with Crippen molar-refractivity contribution < 1.29 is 14.6 Å². The maximum atomic E-state index is 10.5. The molecule has 1 N–H and O–H groups in total. The Kier molecular flexibility index (Phi) is 6.12. The number of carboxylic acid groups (broad SMARTS) is 1. The molecule has 0 fully saturated rings. The van der Waals surface area contributed by atoms with E-state index in [4.69, 9.17) is 33.0 Å². The number of hydrogen-bond acceptors (Lipinski definition) is 3. The molecule has 0 amide bonds. The Morgan fingerprint density at radius 1 is 1.53 bits per heavy atom. The van der Waals surface area contributed by atoms with Gasteiger partial charge in [-0.3, -0.25) is 0 Å². The lowest BCUT2D eigenvalue weighted by Crippen LogP contribution is -2.20. The van der Waals surface area contributed by atoms with Crippen molar-refractivity contribution in [3.8, 4) is 0 Å². The number of halogens is 2. The number of hydrogen-bond donors (Lipinski definition) is 1. The Hall–Kier alpha value is -0.420. The normalized spacial score (nSPS) is 12.4. The van der Waals surface area contributed by atoms with Gasteiger partial charge in [-0.2, -0.15) is 0 Å². The van der Waals surface area contributed by atoms with Crippen molar-refractivity contribution >= 4 is 40.9 Å². The Morgan fingerprint density at radius 3 is 2.88 bits per heavy atom. The van der Waals surface area contributed by atoms with Gasteiger partial charge in [0.15, 0.2) is 6.10 Å². The van der Waals surface area contributed by atoms with Crippen LogP contribution in [0.25, 0.3) is 0 Å². The van der Waals surface area contributed by atoms with Gasteiger partial charge in [-0.15, -0.1) is 11.8 Å². The minimum Gasteiger partial charge on any atom is -0.479 e. The molecule has 0 saturated carbocycles. The van der Waals surface area contributed by atoms with Gasteiger partial charge >= 0.3 is 5.97 Å². The zero-order valence-electron chi connectivity index (χ0n) is 9.15. The fourth-order valence-corrected chi connectivity index (χ4v) is 2.37. The van der Waals surface area contributed by atoms with E-state index in [0.717, 1.165) is 4.90 Å². The third-order valence-corrected chi connectivity index (χ3v) is 3.65. The number of ether oxygens (including phenoxy) is 1. The highest BCUT2D eigenvalue weighted by Gasteiger charge is 2.10. The average Bonchev–Trinajstić information content (AvgIpc) is 2.28. The monoisotopic (exact) mass is 294 g/mol. The van der Waals surface area contributed by atoms with Crippen molar-refractivity contribution in [2.75, 3.05) is 12.4 Å². The number of benzene rings is 1. The molecular formula is C11H12Cl2O3S. The van der Waals surface area contributed by atoms with E-state index in [-0.39, 0.29) is 0 Å². The van der Waals surface area contributed by atoms with Crippen LogP contribution in [0.5, 0.6) is 0 Å². The van der Waals surface area contributed by atoms with Gasteiger partial charge in [-0.1, -0.05) is 23.2 Å². The van der Waals surface area contributed by atoms with Crippen molar-refractivity contribution in [3.63, 3.8) is 0 Å². The highest BCUT2D eigenvalue weighted by atomic mass is 35.5. The second-order valence-electron chi connectivity index (χ2n) is 3.27. The average molecular weight is 295 g/mol. The van der Waals surface area contributed by atoms with Gasteiger partial charge < -0.3 is 9.84 Å². The molecule has 0 aliphatic heterocycles. The van der Waals surface area contributed by atoms with Crippen LogP contribution in [0.15, 0.2) is 23.1 Å². The summed E-state index contributed by atoms with van der Waals surface area (Å²) >= 11 is 13.3. The summed E-state index contributed by atoms with van der Waals surface area (Å²) in [6.07, 6.45) is -0.787. The summed E-state index contributed by atoms with van der Waals surface area (Å²) in [5, 5.41) is 9.86. The number of aliphatic carboxylic acids is 1. The van der Waals surface area contributed by atoms with Crippen LogP contribution < -0.4 is 0 Å². The van der Waals surface area contributed by atoms with Crippen LogP contribution in [0.2, 0.25) is 10.0 Å². The standard InChI is InChI=1S/C11H12Cl2O3S/c1-7(11(14)15)16-4-5-17-10-6-8(12)2-3-9(10)13/h2-3,6-7H,4-5H2,1H3,(H,14,15). The Balaban J connectivity index is 2.36. The van der Waals surface area contributed by atoms with E-state index in [1.165, 1.54) is 18.7 Å². The van der Waals surface area contributed by atoms with Crippen molar-refractivity contribution in [3.05, 3.63) is 28.2 Å². The first kappa shape index (κ1) is 14.6. The topological polar surface area (TPSA) is 46.5 Å². The molecule has 0 saturated heterocycles. The molecule has 0 bridgehead atoms. The van der Waals surface area contributed by atoms with Crippen LogP contribution in [0, 0.1) is 0 Å². The van der Waals surface area contributed by atoms with Crippen molar-refractivity contribution in [1.29, 1.82) is 0 Å². The van der Waals surface area contributed by atoms with Crippen LogP contribution in [0.4, 0.5) is 0 Å². The largest absolute Gasteiger partial charge is 0.479 e. The lowest BCUT2D eigenvalue weighted by molar-refractivity contribution is -0.148. The first-order chi connectivity index (χ1) is 8.00. The molecule has 1 unspecified atom stereocenters. The van der Waals surface area contributed by atoms with E-state index in [1.54, 1.807) is 18.2 Å². The van der Waals surface area contributed by atoms with Crippen molar-refractivity contribution in [1.82, 2.24) is 0 Å². The van der Waals surface area contributed by atoms with E-state index in [2.05, 4.69) is 0 Å². The van der Waals surface area contributed by atoms with Crippen LogP contribution in [-0.4, -0.2) is 29.5 Å². The van der Waals surface area contributed by atoms with Gasteiger partial charge in [-0.25, -0.2) is 4.79 Å². The third-order valence-electron chi connectivity index (χ3n) is 1.95. The molecule has 0 aromatic heterocycles. The molecular weight excluding hydrogens is 283 g/mol. The summed E-state index contributed by atoms with van der Waals surface area (Å²) in [5.41, 5.74) is 0. The molecule has 94 valence electrons. The fraction of sp³-hybridized carbons (Fsp3) is 0.364. The van der Waals surface area contributed by atoms with E-state index >= 15 is 0 Å². The zero-order chi connectivity index (χ0) is 12.8. The van der Waals surface area contributed by atoms with Crippen LogP contribution in [0.3, 0.4) is 0 Å². The summed E-state index contributed by atoms with van der Waals surface area (Å²) in [5.74, 6) is -0.340. The van der Waals surface area contributed by atoms with Gasteiger partial charge in [0.25, 0.3) is 0 Å². The molecule has 1 aromatic carbocycles. The van der Waals surface area contributed by atoms with E-state index in [9.17, 15) is 4.79 Å². The second-order valence-corrected chi connectivity index (χ2v) is 5.25. The fourth-order valence-electron chi connectivity index (χ4n) is 1.04. The summed E-state index contributed by atoms with van der Waals surface area (Å²) in [6.45, 7) is 1.85. The van der Waals surface area contributed by atoms with Gasteiger partial charge in [0.1, 0.15) is 0 Å². The predicted octanol–water partition coefficient (Wildman–Crippen LogP) is 3.58. The highest BCUT2D eigenvalue weighted by Crippen LogP contribution is 2.29. The number of thioether (sulfide) groups is 1. The Morgan fingerprint density at radius 2 is 2.24 bits per heavy atom. The van der Waals surface area contributed by atoms with E-state index in [1.807, 2.05) is 0 Å². The smallest absolute Gasteiger partial charge is 0.332 e. The lowest BCUT2D eigenvalue weighted by atomic mass is 10.4. The first-order valence-corrected chi connectivity index (χ1v) is 6.67. The highest BCUT2D eigenvalue weighted by molar-refractivity contribution is 7.99. The lowest BCUT2D eigenvalue weighted by Gasteiger charge is -2.08. The molecule has 1 aromatic rings. The van der Waals surface area contributed by atoms with Crippen molar-refractivity contribution in [2.45, 2.75) is 17.9 Å². The van der Waals surface area contributed by atoms with Gasteiger partial charge in [0.05, 0.1) is 11.6 Å². The molecule has 0 spiro atoms. The zero-order valence-corrected chi connectivity index (χ0v) is 11.5. The minimum atomic E-state index is -0.962. The van der Waals surface area contributed by atoms with Gasteiger partial charge in [0, 0.05) is 15.7 Å². The van der Waals surface area contributed by atoms with E-state index < -0.39 is 12.1 Å². The summed E-state index contributed by atoms with van der Waals surface area (Å²) in [4.78, 5) is 11.4. The molecule has 0 heterocycles. The third kappa shape index (κ3) is 5.17. The molecule has 1 atom stereocenters. The van der Waals surface area contributed by atoms with E-state index in [0.29, 0.717) is 22.4 Å². The van der Waals surface area contributed by atoms with Crippen molar-refractivity contribution in [2.24, 2.45) is 0 Å². The summed E-state index contributed by atoms with van der Waals surface area (Å²) in [6, 6.07) is 5.22. The molecule has 0 aliphatic carbocycles. The quantitative estimate of drug-likeness (QED) is 0.643. The first-order valence-electron chi connectivity index (χ1n) is 4.93. The Labute approximate surface area is 114 Å². The molecule has 1 rings (SSSR count). The van der Waals surface area contributed by atoms with Crippen LogP contribution >= 0.6 is 35.0 Å². The molecule has 0 aliphatic rings. The number of carboxylic acids is 1. The molecule has 0 radical (unpaired) electrons. The maximum Gasteiger partial charge on any atom is 0.332 e. The SMILES string of the molecule is CC(OCCSc1cc(Cl)ccc1Cl)C(=O)O. The van der Waals surface area contributed by atoms with Crippen LogP contribution in [0.1, 0.15) is 6.92 Å². The number of carbonyl (C=O) groups is 1. The van der Waals surface area contributed by atoms with Gasteiger partial charge in [-0.05, 0) is 25.1 Å². The van der Waals surface area contributed by atoms with Crippen LogP contribution in [-0.2, 0) is 9.53 Å². The molecule has 6 heteroatoms. The maximum absolute atomic E-state index is 10.5. The summed E-state index contributed by atoms with van der Waals surface area (Å²) < 4.78 is 5.10. The predicted molar refractivity (Wildman–Crippen MR) is 70.2 cm³/mol. The number of rotatable bonds is 6. The second kappa shape index (κ2) is 7.11. The Bertz CT molecular complexity index is 398. The minimum absolute atomic E-state index is 0.348. The molecule has 17 heavy (non-hydrogen) atoms. The summed E-state index contributed by atoms with van der Waals surface area (Å²) in [7, 11) is 0.